The van der Waals surface area contributed by atoms with Crippen LogP contribution >= 0.6 is 0 Å². The molecule has 0 spiro atoms. The van der Waals surface area contributed by atoms with E-state index in [1.165, 1.54) is 0 Å². The van der Waals surface area contributed by atoms with E-state index < -0.39 is 0 Å². The van der Waals surface area contributed by atoms with Crippen molar-refractivity contribution in [3.8, 4) is 11.5 Å². The molecular weight excluding hydrogens is 248 g/mol. The van der Waals surface area contributed by atoms with E-state index in [1.54, 1.807) is 0 Å². The summed E-state index contributed by atoms with van der Waals surface area (Å²) in [6, 6.07) is 17.8. The molecule has 0 heterocycles. The first kappa shape index (κ1) is 14.6. The van der Waals surface area contributed by atoms with Crippen LogP contribution in [0.2, 0.25) is 0 Å². The quantitative estimate of drug-likeness (QED) is 0.755. The van der Waals surface area contributed by atoms with Crippen LogP contribution in [-0.4, -0.2) is 6.54 Å². The predicted octanol–water partition coefficient (Wildman–Crippen LogP) is 3.61. The van der Waals surface area contributed by atoms with Crippen molar-refractivity contribution in [2.24, 2.45) is 11.5 Å². The second-order valence-electron chi connectivity index (χ2n) is 4.88. The molecule has 4 N–H and O–H groups in total. The van der Waals surface area contributed by atoms with Crippen LogP contribution < -0.4 is 16.2 Å². The van der Waals surface area contributed by atoms with Gasteiger partial charge in [-0.15, -0.1) is 0 Å². The molecule has 2 aromatic rings. The SMILES string of the molecule is NCCCC[C@@H](N)c1ccc(Oc2ccccc2)cc1. The third-order valence-corrected chi connectivity index (χ3v) is 3.26. The summed E-state index contributed by atoms with van der Waals surface area (Å²) >= 11 is 0. The zero-order valence-electron chi connectivity index (χ0n) is 11.7. The molecule has 20 heavy (non-hydrogen) atoms. The van der Waals surface area contributed by atoms with E-state index in [0.717, 1.165) is 42.9 Å². The largest absolute Gasteiger partial charge is 0.457 e. The molecule has 0 unspecified atom stereocenters. The molecule has 0 aliphatic rings. The summed E-state index contributed by atoms with van der Waals surface area (Å²) in [5.41, 5.74) is 12.8. The molecule has 3 nitrogen and oxygen atoms in total. The Morgan fingerprint density at radius 3 is 2.15 bits per heavy atom. The van der Waals surface area contributed by atoms with Gasteiger partial charge in [-0.1, -0.05) is 36.8 Å². The normalized spacial score (nSPS) is 12.1. The maximum absolute atomic E-state index is 6.16. The molecule has 3 heteroatoms. The lowest BCUT2D eigenvalue weighted by Gasteiger charge is -2.12. The second kappa shape index (κ2) is 7.68. The van der Waals surface area contributed by atoms with E-state index >= 15 is 0 Å². The van der Waals surface area contributed by atoms with E-state index in [9.17, 15) is 0 Å². The van der Waals surface area contributed by atoms with Crippen molar-refractivity contribution in [1.82, 2.24) is 0 Å². The Morgan fingerprint density at radius 2 is 1.50 bits per heavy atom. The number of unbranched alkanes of at least 4 members (excludes halogenated alkanes) is 1. The maximum atomic E-state index is 6.16. The smallest absolute Gasteiger partial charge is 0.127 e. The van der Waals surface area contributed by atoms with Gasteiger partial charge in [0.15, 0.2) is 0 Å². The fraction of sp³-hybridized carbons (Fsp3) is 0.294. The third-order valence-electron chi connectivity index (χ3n) is 3.26. The van der Waals surface area contributed by atoms with Gasteiger partial charge in [0.1, 0.15) is 11.5 Å². The lowest BCUT2D eigenvalue weighted by molar-refractivity contribution is 0.482. The highest BCUT2D eigenvalue weighted by Gasteiger charge is 2.06. The van der Waals surface area contributed by atoms with Gasteiger partial charge < -0.3 is 16.2 Å². The van der Waals surface area contributed by atoms with Crippen molar-refractivity contribution >= 4 is 0 Å². The van der Waals surface area contributed by atoms with Gasteiger partial charge in [0.25, 0.3) is 0 Å². The number of ether oxygens (including phenoxy) is 1. The molecule has 0 radical (unpaired) electrons. The van der Waals surface area contributed by atoms with Gasteiger partial charge >= 0.3 is 0 Å². The van der Waals surface area contributed by atoms with Crippen molar-refractivity contribution in [3.63, 3.8) is 0 Å². The lowest BCUT2D eigenvalue weighted by Crippen LogP contribution is -2.10. The van der Waals surface area contributed by atoms with Crippen LogP contribution in [0.25, 0.3) is 0 Å². The van der Waals surface area contributed by atoms with Gasteiger partial charge in [-0.3, -0.25) is 0 Å². The number of hydrogen-bond donors (Lipinski definition) is 2. The maximum Gasteiger partial charge on any atom is 0.127 e. The highest BCUT2D eigenvalue weighted by atomic mass is 16.5. The Hall–Kier alpha value is -1.84. The molecule has 0 amide bonds. The molecule has 0 saturated heterocycles. The molecule has 0 aliphatic heterocycles. The molecule has 0 aliphatic carbocycles. The van der Waals surface area contributed by atoms with Gasteiger partial charge in [0.2, 0.25) is 0 Å². The van der Waals surface area contributed by atoms with Crippen molar-refractivity contribution in [1.29, 1.82) is 0 Å². The summed E-state index contributed by atoms with van der Waals surface area (Å²) in [7, 11) is 0. The van der Waals surface area contributed by atoms with E-state index in [2.05, 4.69) is 0 Å². The number of para-hydroxylation sites is 1. The number of rotatable bonds is 7. The summed E-state index contributed by atoms with van der Waals surface area (Å²) < 4.78 is 5.75. The minimum absolute atomic E-state index is 0.0762. The van der Waals surface area contributed by atoms with Gasteiger partial charge in [-0.25, -0.2) is 0 Å². The number of benzene rings is 2. The van der Waals surface area contributed by atoms with E-state index in [-0.39, 0.29) is 6.04 Å². The molecule has 2 aromatic carbocycles. The van der Waals surface area contributed by atoms with Gasteiger partial charge in [-0.05, 0) is 49.2 Å². The zero-order chi connectivity index (χ0) is 14.2. The van der Waals surface area contributed by atoms with Gasteiger partial charge in [0.05, 0.1) is 0 Å². The first-order chi connectivity index (χ1) is 9.79. The Morgan fingerprint density at radius 1 is 0.850 bits per heavy atom. The monoisotopic (exact) mass is 270 g/mol. The van der Waals surface area contributed by atoms with Crippen molar-refractivity contribution in [3.05, 3.63) is 60.2 Å². The lowest BCUT2D eigenvalue weighted by atomic mass is 10.0. The van der Waals surface area contributed by atoms with Crippen LogP contribution in [0.4, 0.5) is 0 Å². The average molecular weight is 270 g/mol. The number of nitrogens with two attached hydrogens (primary N) is 2. The van der Waals surface area contributed by atoms with Crippen molar-refractivity contribution < 1.29 is 4.74 Å². The van der Waals surface area contributed by atoms with Gasteiger partial charge in [-0.2, -0.15) is 0 Å². The topological polar surface area (TPSA) is 61.3 Å². The second-order valence-corrected chi connectivity index (χ2v) is 4.88. The Bertz CT molecular complexity index is 496. The summed E-state index contributed by atoms with van der Waals surface area (Å²) in [4.78, 5) is 0. The fourth-order valence-corrected chi connectivity index (χ4v) is 2.08. The van der Waals surface area contributed by atoms with Gasteiger partial charge in [0, 0.05) is 6.04 Å². The van der Waals surface area contributed by atoms with E-state index in [0.29, 0.717) is 0 Å². The van der Waals surface area contributed by atoms with Crippen LogP contribution in [0.1, 0.15) is 30.9 Å². The summed E-state index contributed by atoms with van der Waals surface area (Å²) in [6.45, 7) is 0.733. The standard InChI is InChI=1S/C17H22N2O/c18-13-5-4-8-17(19)14-9-11-16(12-10-14)20-15-6-2-1-3-7-15/h1-3,6-7,9-12,17H,4-5,8,13,18-19H2/t17-/m1/s1. The van der Waals surface area contributed by atoms with Crippen molar-refractivity contribution in [2.75, 3.05) is 6.54 Å². The van der Waals surface area contributed by atoms with Crippen LogP contribution in [-0.2, 0) is 0 Å². The van der Waals surface area contributed by atoms with Crippen LogP contribution in [0.5, 0.6) is 11.5 Å². The highest BCUT2D eigenvalue weighted by Crippen LogP contribution is 2.24. The first-order valence-corrected chi connectivity index (χ1v) is 7.08. The average Bonchev–Trinajstić information content (AvgIpc) is 2.49. The molecule has 0 fully saturated rings. The fourth-order valence-electron chi connectivity index (χ4n) is 2.08. The predicted molar refractivity (Wildman–Crippen MR) is 82.8 cm³/mol. The van der Waals surface area contributed by atoms with E-state index in [1.807, 2.05) is 54.6 Å². The minimum Gasteiger partial charge on any atom is -0.457 e. The third kappa shape index (κ3) is 4.37. The minimum atomic E-state index is 0.0762. The zero-order valence-corrected chi connectivity index (χ0v) is 11.7. The Kier molecular flexibility index (Phi) is 5.59. The molecule has 106 valence electrons. The van der Waals surface area contributed by atoms with E-state index in [4.69, 9.17) is 16.2 Å². The summed E-state index contributed by atoms with van der Waals surface area (Å²) in [5, 5.41) is 0. The molecule has 2 rings (SSSR count). The summed E-state index contributed by atoms with van der Waals surface area (Å²) in [6.07, 6.45) is 3.07. The Labute approximate surface area is 120 Å². The van der Waals surface area contributed by atoms with Crippen LogP contribution in [0.15, 0.2) is 54.6 Å². The highest BCUT2D eigenvalue weighted by molar-refractivity contribution is 5.33. The summed E-state index contributed by atoms with van der Waals surface area (Å²) in [5.74, 6) is 1.67. The first-order valence-electron chi connectivity index (χ1n) is 7.08. The number of hydrogen-bond acceptors (Lipinski definition) is 3. The van der Waals surface area contributed by atoms with Crippen LogP contribution in [0, 0.1) is 0 Å². The molecular formula is C17H22N2O. The Balaban J connectivity index is 1.92. The van der Waals surface area contributed by atoms with Crippen LogP contribution in [0.3, 0.4) is 0 Å². The molecule has 0 aromatic heterocycles. The van der Waals surface area contributed by atoms with Crippen molar-refractivity contribution in [2.45, 2.75) is 25.3 Å². The molecule has 0 bridgehead atoms. The molecule has 0 saturated carbocycles. The molecule has 1 atom stereocenters.